The van der Waals surface area contributed by atoms with E-state index in [2.05, 4.69) is 20.7 Å². The number of hydrogen-bond acceptors (Lipinski definition) is 4. The van der Waals surface area contributed by atoms with E-state index in [1.54, 1.807) is 0 Å². The molecule has 0 aliphatic rings. The number of rotatable bonds is 5. The fraction of sp³-hybridized carbons (Fsp3) is 0.375. The summed E-state index contributed by atoms with van der Waals surface area (Å²) in [6.45, 7) is 5.83. The second-order valence-corrected chi connectivity index (χ2v) is 5.61. The average Bonchev–Trinajstić information content (AvgIpc) is 3.08. The first-order chi connectivity index (χ1) is 11.4. The lowest BCUT2D eigenvalue weighted by atomic mass is 10.0. The van der Waals surface area contributed by atoms with E-state index in [1.807, 2.05) is 20.8 Å². The highest BCUT2D eigenvalue weighted by Gasteiger charge is 2.19. The molecule has 2 aromatic rings. The van der Waals surface area contributed by atoms with Crippen molar-refractivity contribution < 1.29 is 14.0 Å². The predicted octanol–water partition coefficient (Wildman–Crippen LogP) is 1.90. The quantitative estimate of drug-likeness (QED) is 0.818. The Morgan fingerprint density at radius 3 is 2.62 bits per heavy atom. The molecule has 0 saturated heterocycles. The zero-order valence-corrected chi connectivity index (χ0v) is 13.8. The largest absolute Gasteiger partial charge is 0.345 e. The van der Waals surface area contributed by atoms with Gasteiger partial charge < -0.3 is 10.6 Å². The summed E-state index contributed by atoms with van der Waals surface area (Å²) >= 11 is 0. The monoisotopic (exact) mass is 333 g/mol. The summed E-state index contributed by atoms with van der Waals surface area (Å²) in [5.41, 5.74) is 0.382. The SMILES string of the molecule is CC[C@@H](C)[C@H](C)NC(=O)C(=O)Nc1ccc(-n2cncn2)c(F)c1. The van der Waals surface area contributed by atoms with Crippen LogP contribution < -0.4 is 10.6 Å². The molecule has 1 heterocycles. The number of halogens is 1. The fourth-order valence-corrected chi connectivity index (χ4v) is 2.06. The third-order valence-electron chi connectivity index (χ3n) is 3.93. The summed E-state index contributed by atoms with van der Waals surface area (Å²) in [5, 5.41) is 8.85. The Morgan fingerprint density at radius 1 is 1.29 bits per heavy atom. The lowest BCUT2D eigenvalue weighted by Gasteiger charge is -2.19. The van der Waals surface area contributed by atoms with Gasteiger partial charge in [0.1, 0.15) is 18.3 Å². The maximum absolute atomic E-state index is 14.1. The molecule has 0 spiro atoms. The molecule has 8 heteroatoms. The van der Waals surface area contributed by atoms with Crippen LogP contribution in [0.5, 0.6) is 0 Å². The molecule has 128 valence electrons. The van der Waals surface area contributed by atoms with Gasteiger partial charge in [0.05, 0.1) is 0 Å². The summed E-state index contributed by atoms with van der Waals surface area (Å²) in [6.07, 6.45) is 3.54. The Labute approximate surface area is 139 Å². The number of nitrogens with one attached hydrogen (secondary N) is 2. The normalized spacial score (nSPS) is 13.2. The third-order valence-corrected chi connectivity index (χ3v) is 3.93. The molecule has 0 bridgehead atoms. The lowest BCUT2D eigenvalue weighted by Crippen LogP contribution is -2.43. The van der Waals surface area contributed by atoms with E-state index in [1.165, 1.54) is 29.5 Å². The molecular weight excluding hydrogens is 313 g/mol. The summed E-state index contributed by atoms with van der Waals surface area (Å²) in [5.74, 6) is -1.92. The van der Waals surface area contributed by atoms with E-state index < -0.39 is 17.6 Å². The standard InChI is InChI=1S/C16H20FN5O2/c1-4-10(2)11(3)20-15(23)16(24)21-12-5-6-14(13(17)7-12)22-9-18-8-19-22/h5-11H,4H2,1-3H3,(H,20,23)(H,21,24)/t10-,11+/m1/s1. The van der Waals surface area contributed by atoms with E-state index in [9.17, 15) is 14.0 Å². The van der Waals surface area contributed by atoms with E-state index in [0.717, 1.165) is 12.5 Å². The molecule has 0 unspecified atom stereocenters. The van der Waals surface area contributed by atoms with Gasteiger partial charge >= 0.3 is 11.8 Å². The number of anilines is 1. The second-order valence-electron chi connectivity index (χ2n) is 5.61. The van der Waals surface area contributed by atoms with Crippen LogP contribution in [0.4, 0.5) is 10.1 Å². The first-order valence-electron chi connectivity index (χ1n) is 7.68. The average molecular weight is 333 g/mol. The second kappa shape index (κ2) is 7.67. The van der Waals surface area contributed by atoms with Gasteiger partial charge in [0.2, 0.25) is 0 Å². The van der Waals surface area contributed by atoms with Crippen LogP contribution in [0.25, 0.3) is 5.69 Å². The minimum atomic E-state index is -0.835. The van der Waals surface area contributed by atoms with Gasteiger partial charge in [0.25, 0.3) is 0 Å². The lowest BCUT2D eigenvalue weighted by molar-refractivity contribution is -0.136. The van der Waals surface area contributed by atoms with Crippen LogP contribution in [0.3, 0.4) is 0 Å². The van der Waals surface area contributed by atoms with Crippen molar-refractivity contribution in [1.29, 1.82) is 0 Å². The van der Waals surface area contributed by atoms with Crippen LogP contribution >= 0.6 is 0 Å². The van der Waals surface area contributed by atoms with E-state index in [4.69, 9.17) is 0 Å². The van der Waals surface area contributed by atoms with Crippen molar-refractivity contribution in [3.05, 3.63) is 36.7 Å². The summed E-state index contributed by atoms with van der Waals surface area (Å²) < 4.78 is 15.4. The smallest absolute Gasteiger partial charge is 0.313 e. The molecular formula is C16H20FN5O2. The van der Waals surface area contributed by atoms with Crippen LogP contribution in [-0.4, -0.2) is 32.6 Å². The zero-order valence-electron chi connectivity index (χ0n) is 13.8. The van der Waals surface area contributed by atoms with Crippen molar-refractivity contribution in [2.75, 3.05) is 5.32 Å². The zero-order chi connectivity index (χ0) is 17.7. The highest BCUT2D eigenvalue weighted by atomic mass is 19.1. The number of amides is 2. The predicted molar refractivity (Wildman–Crippen MR) is 87.0 cm³/mol. The number of carbonyl (C=O) groups excluding carboxylic acids is 2. The molecule has 2 atom stereocenters. The van der Waals surface area contributed by atoms with Crippen molar-refractivity contribution in [3.63, 3.8) is 0 Å². The van der Waals surface area contributed by atoms with Crippen LogP contribution in [0.15, 0.2) is 30.9 Å². The Balaban J connectivity index is 2.02. The number of aromatic nitrogens is 3. The van der Waals surface area contributed by atoms with Gasteiger partial charge in [-0.25, -0.2) is 14.1 Å². The first-order valence-corrected chi connectivity index (χ1v) is 7.68. The Hall–Kier alpha value is -2.77. The van der Waals surface area contributed by atoms with Crippen molar-refractivity contribution >= 4 is 17.5 Å². The van der Waals surface area contributed by atoms with Gasteiger partial charge in [-0.1, -0.05) is 20.3 Å². The molecule has 0 fully saturated rings. The molecule has 24 heavy (non-hydrogen) atoms. The summed E-state index contributed by atoms with van der Waals surface area (Å²) in [6, 6.07) is 3.93. The molecule has 7 nitrogen and oxygen atoms in total. The van der Waals surface area contributed by atoms with E-state index in [-0.39, 0.29) is 23.3 Å². The maximum atomic E-state index is 14.1. The van der Waals surface area contributed by atoms with Crippen molar-refractivity contribution in [2.45, 2.75) is 33.2 Å². The Morgan fingerprint density at radius 2 is 2.04 bits per heavy atom. The molecule has 0 radical (unpaired) electrons. The number of benzene rings is 1. The van der Waals surface area contributed by atoms with Gasteiger partial charge in [-0.05, 0) is 31.0 Å². The topological polar surface area (TPSA) is 88.9 Å². The van der Waals surface area contributed by atoms with Crippen LogP contribution in [-0.2, 0) is 9.59 Å². The Bertz CT molecular complexity index is 717. The summed E-state index contributed by atoms with van der Waals surface area (Å²) in [4.78, 5) is 27.5. The number of carbonyl (C=O) groups is 2. The van der Waals surface area contributed by atoms with Gasteiger partial charge in [-0.15, -0.1) is 0 Å². The molecule has 2 amide bonds. The van der Waals surface area contributed by atoms with Gasteiger partial charge in [0, 0.05) is 11.7 Å². The van der Waals surface area contributed by atoms with Gasteiger partial charge in [0.15, 0.2) is 5.82 Å². The van der Waals surface area contributed by atoms with Crippen molar-refractivity contribution in [1.82, 2.24) is 20.1 Å². The van der Waals surface area contributed by atoms with E-state index >= 15 is 0 Å². The fourth-order valence-electron chi connectivity index (χ4n) is 2.06. The minimum Gasteiger partial charge on any atom is -0.345 e. The van der Waals surface area contributed by atoms with Crippen molar-refractivity contribution in [3.8, 4) is 5.69 Å². The highest BCUT2D eigenvalue weighted by molar-refractivity contribution is 6.39. The molecule has 0 saturated carbocycles. The molecule has 2 N–H and O–H groups in total. The van der Waals surface area contributed by atoms with Gasteiger partial charge in [-0.2, -0.15) is 5.10 Å². The maximum Gasteiger partial charge on any atom is 0.313 e. The molecule has 1 aromatic heterocycles. The minimum absolute atomic E-state index is 0.125. The molecule has 2 rings (SSSR count). The van der Waals surface area contributed by atoms with Crippen LogP contribution in [0, 0.1) is 11.7 Å². The molecule has 0 aliphatic heterocycles. The van der Waals surface area contributed by atoms with Crippen LogP contribution in [0.2, 0.25) is 0 Å². The molecule has 1 aromatic carbocycles. The summed E-state index contributed by atoms with van der Waals surface area (Å²) in [7, 11) is 0. The van der Waals surface area contributed by atoms with Crippen molar-refractivity contribution in [2.24, 2.45) is 5.92 Å². The number of hydrogen-bond donors (Lipinski definition) is 2. The highest BCUT2D eigenvalue weighted by Crippen LogP contribution is 2.17. The van der Waals surface area contributed by atoms with E-state index in [0.29, 0.717) is 0 Å². The van der Waals surface area contributed by atoms with Gasteiger partial charge in [-0.3, -0.25) is 9.59 Å². The first kappa shape index (κ1) is 17.6. The number of nitrogens with zero attached hydrogens (tertiary/aromatic N) is 3. The Kier molecular flexibility index (Phi) is 5.62. The molecule has 0 aliphatic carbocycles. The van der Waals surface area contributed by atoms with Crippen LogP contribution in [0.1, 0.15) is 27.2 Å². The third kappa shape index (κ3) is 4.15.